The van der Waals surface area contributed by atoms with Crippen molar-refractivity contribution in [3.63, 3.8) is 0 Å². The van der Waals surface area contributed by atoms with Crippen LogP contribution in [0.15, 0.2) is 47.0 Å². The average molecular weight is 420 g/mol. The first kappa shape index (κ1) is 20.2. The van der Waals surface area contributed by atoms with E-state index in [1.807, 2.05) is 38.1 Å². The predicted octanol–water partition coefficient (Wildman–Crippen LogP) is 5.18. The maximum atomic E-state index is 12.7. The quantitative estimate of drug-likeness (QED) is 0.595. The van der Waals surface area contributed by atoms with E-state index in [9.17, 15) is 4.79 Å². The molecule has 8 heteroatoms. The standard InChI is InChI=1S/C20H19Cl2N3O3/c1-11(2)17(23-19(26)15-9-6-13(21)10-16(15)22)20-24-18(25-28-20)12-4-7-14(27-3)8-5-12/h4-11,17H,1-3H3,(H,23,26)/t17-/m1/s1. The molecular weight excluding hydrogens is 401 g/mol. The minimum atomic E-state index is -0.473. The summed E-state index contributed by atoms with van der Waals surface area (Å²) in [5.41, 5.74) is 1.11. The number of amides is 1. The molecule has 0 aliphatic rings. The largest absolute Gasteiger partial charge is 0.497 e. The van der Waals surface area contributed by atoms with Gasteiger partial charge in [-0.25, -0.2) is 0 Å². The van der Waals surface area contributed by atoms with E-state index in [4.69, 9.17) is 32.5 Å². The lowest BCUT2D eigenvalue weighted by Crippen LogP contribution is -2.32. The third kappa shape index (κ3) is 4.46. The lowest BCUT2D eigenvalue weighted by molar-refractivity contribution is 0.0914. The predicted molar refractivity (Wildman–Crippen MR) is 108 cm³/mol. The van der Waals surface area contributed by atoms with Crippen LogP contribution >= 0.6 is 23.2 Å². The molecule has 0 aliphatic carbocycles. The van der Waals surface area contributed by atoms with Crippen LogP contribution in [0.1, 0.15) is 36.1 Å². The van der Waals surface area contributed by atoms with Gasteiger partial charge in [-0.1, -0.05) is 42.2 Å². The molecule has 0 fully saturated rings. The maximum absolute atomic E-state index is 12.7. The van der Waals surface area contributed by atoms with Crippen LogP contribution in [0.4, 0.5) is 0 Å². The number of methoxy groups -OCH3 is 1. The molecule has 2 aromatic carbocycles. The van der Waals surface area contributed by atoms with Crippen molar-refractivity contribution >= 4 is 29.1 Å². The van der Waals surface area contributed by atoms with E-state index in [0.29, 0.717) is 22.3 Å². The van der Waals surface area contributed by atoms with Crippen LogP contribution in [0.3, 0.4) is 0 Å². The molecule has 0 unspecified atom stereocenters. The molecule has 1 aromatic heterocycles. The number of ether oxygens (including phenoxy) is 1. The number of nitrogens with one attached hydrogen (secondary N) is 1. The number of nitrogens with zero attached hydrogens (tertiary/aromatic N) is 2. The van der Waals surface area contributed by atoms with E-state index in [2.05, 4.69) is 15.5 Å². The van der Waals surface area contributed by atoms with Gasteiger partial charge in [-0.15, -0.1) is 0 Å². The van der Waals surface area contributed by atoms with Gasteiger partial charge in [0.15, 0.2) is 0 Å². The fourth-order valence-corrected chi connectivity index (χ4v) is 3.12. The van der Waals surface area contributed by atoms with E-state index in [1.165, 1.54) is 6.07 Å². The topological polar surface area (TPSA) is 77.3 Å². The molecule has 146 valence electrons. The summed E-state index contributed by atoms with van der Waals surface area (Å²) in [6, 6.07) is 11.5. The van der Waals surface area contributed by atoms with Crippen molar-refractivity contribution < 1.29 is 14.1 Å². The third-order valence-electron chi connectivity index (χ3n) is 4.19. The summed E-state index contributed by atoms with van der Waals surface area (Å²) in [7, 11) is 1.60. The summed E-state index contributed by atoms with van der Waals surface area (Å²) in [5, 5.41) is 7.68. The molecule has 0 saturated carbocycles. The fraction of sp³-hybridized carbons (Fsp3) is 0.250. The molecular formula is C20H19Cl2N3O3. The number of carbonyl (C=O) groups is 1. The highest BCUT2D eigenvalue weighted by Gasteiger charge is 2.26. The van der Waals surface area contributed by atoms with Gasteiger partial charge < -0.3 is 14.6 Å². The lowest BCUT2D eigenvalue weighted by atomic mass is 10.0. The Hall–Kier alpha value is -2.57. The third-order valence-corrected chi connectivity index (χ3v) is 4.73. The van der Waals surface area contributed by atoms with E-state index in [1.54, 1.807) is 19.2 Å². The number of halogens is 2. The smallest absolute Gasteiger partial charge is 0.253 e. The lowest BCUT2D eigenvalue weighted by Gasteiger charge is -2.19. The molecule has 1 atom stereocenters. The summed E-state index contributed by atoms with van der Waals surface area (Å²) in [6.07, 6.45) is 0. The molecule has 3 aromatic rings. The number of rotatable bonds is 6. The van der Waals surface area contributed by atoms with Crippen molar-refractivity contribution in [2.75, 3.05) is 7.11 Å². The van der Waals surface area contributed by atoms with Crippen molar-refractivity contribution in [1.29, 1.82) is 0 Å². The van der Waals surface area contributed by atoms with E-state index >= 15 is 0 Å². The first-order valence-electron chi connectivity index (χ1n) is 8.63. The normalized spacial score (nSPS) is 12.1. The van der Waals surface area contributed by atoms with Crippen molar-refractivity contribution in [3.8, 4) is 17.1 Å². The monoisotopic (exact) mass is 419 g/mol. The van der Waals surface area contributed by atoms with Gasteiger partial charge in [-0.2, -0.15) is 4.98 Å². The SMILES string of the molecule is COc1ccc(-c2noc([C@H](NC(=O)c3ccc(Cl)cc3Cl)C(C)C)n2)cc1. The Morgan fingerprint density at radius 2 is 1.86 bits per heavy atom. The summed E-state index contributed by atoms with van der Waals surface area (Å²) in [5.74, 6) is 1.16. The minimum Gasteiger partial charge on any atom is -0.497 e. The first-order valence-corrected chi connectivity index (χ1v) is 9.38. The maximum Gasteiger partial charge on any atom is 0.253 e. The van der Waals surface area contributed by atoms with Crippen LogP contribution in [0, 0.1) is 5.92 Å². The highest BCUT2D eigenvalue weighted by Crippen LogP contribution is 2.26. The molecule has 1 heterocycles. The zero-order valence-electron chi connectivity index (χ0n) is 15.6. The number of aromatic nitrogens is 2. The van der Waals surface area contributed by atoms with Crippen LogP contribution in [0.2, 0.25) is 10.0 Å². The Morgan fingerprint density at radius 1 is 1.14 bits per heavy atom. The van der Waals surface area contributed by atoms with Crippen molar-refractivity contribution in [2.45, 2.75) is 19.9 Å². The van der Waals surface area contributed by atoms with Crippen molar-refractivity contribution in [1.82, 2.24) is 15.5 Å². The minimum absolute atomic E-state index is 0.0131. The van der Waals surface area contributed by atoms with Gasteiger partial charge in [-0.3, -0.25) is 4.79 Å². The summed E-state index contributed by atoms with van der Waals surface area (Å²) >= 11 is 12.0. The van der Waals surface area contributed by atoms with E-state index in [0.717, 1.165) is 11.3 Å². The molecule has 28 heavy (non-hydrogen) atoms. The van der Waals surface area contributed by atoms with Gasteiger partial charge in [0.05, 0.1) is 17.7 Å². The Kier molecular flexibility index (Phi) is 6.21. The number of carbonyl (C=O) groups excluding carboxylic acids is 1. The fourth-order valence-electron chi connectivity index (χ4n) is 2.63. The number of benzene rings is 2. The Morgan fingerprint density at radius 3 is 2.46 bits per heavy atom. The average Bonchev–Trinajstić information content (AvgIpc) is 3.15. The molecule has 6 nitrogen and oxygen atoms in total. The molecule has 1 N–H and O–H groups in total. The van der Waals surface area contributed by atoms with Gasteiger partial charge >= 0.3 is 0 Å². The molecule has 3 rings (SSSR count). The van der Waals surface area contributed by atoms with Crippen LogP contribution < -0.4 is 10.1 Å². The highest BCUT2D eigenvalue weighted by atomic mass is 35.5. The van der Waals surface area contributed by atoms with Crippen molar-refractivity contribution in [3.05, 3.63) is 64.0 Å². The van der Waals surface area contributed by atoms with Crippen LogP contribution in [0.25, 0.3) is 11.4 Å². The zero-order valence-corrected chi connectivity index (χ0v) is 17.1. The molecule has 0 bridgehead atoms. The van der Waals surface area contributed by atoms with Gasteiger partial charge in [0.25, 0.3) is 5.91 Å². The Labute approximate surface area is 172 Å². The highest BCUT2D eigenvalue weighted by molar-refractivity contribution is 6.36. The summed E-state index contributed by atoms with van der Waals surface area (Å²) < 4.78 is 10.6. The van der Waals surface area contributed by atoms with Crippen LogP contribution in [0.5, 0.6) is 5.75 Å². The van der Waals surface area contributed by atoms with Gasteiger partial charge in [-0.05, 0) is 48.4 Å². The van der Waals surface area contributed by atoms with Crippen LogP contribution in [-0.2, 0) is 0 Å². The van der Waals surface area contributed by atoms with Gasteiger partial charge in [0.1, 0.15) is 11.8 Å². The molecule has 0 radical (unpaired) electrons. The molecule has 0 spiro atoms. The Bertz CT molecular complexity index is 971. The summed E-state index contributed by atoms with van der Waals surface area (Å²) in [4.78, 5) is 17.1. The van der Waals surface area contributed by atoms with Crippen molar-refractivity contribution in [2.24, 2.45) is 5.92 Å². The second-order valence-electron chi connectivity index (χ2n) is 6.50. The summed E-state index contributed by atoms with van der Waals surface area (Å²) in [6.45, 7) is 3.90. The first-order chi connectivity index (χ1) is 13.4. The van der Waals surface area contributed by atoms with Crippen LogP contribution in [-0.4, -0.2) is 23.2 Å². The van der Waals surface area contributed by atoms with Gasteiger partial charge in [0, 0.05) is 10.6 Å². The Balaban J connectivity index is 1.82. The second kappa shape index (κ2) is 8.63. The second-order valence-corrected chi connectivity index (χ2v) is 7.35. The molecule has 0 aliphatic heterocycles. The van der Waals surface area contributed by atoms with E-state index < -0.39 is 6.04 Å². The molecule has 0 saturated heterocycles. The molecule has 1 amide bonds. The zero-order chi connectivity index (χ0) is 20.3. The van der Waals surface area contributed by atoms with E-state index in [-0.39, 0.29) is 16.8 Å². The number of hydrogen-bond acceptors (Lipinski definition) is 5. The number of hydrogen-bond donors (Lipinski definition) is 1. The van der Waals surface area contributed by atoms with Gasteiger partial charge in [0.2, 0.25) is 11.7 Å².